The van der Waals surface area contributed by atoms with Crippen LogP contribution in [0, 0.1) is 5.92 Å². The lowest BCUT2D eigenvalue weighted by atomic mass is 10.1. The fourth-order valence-electron chi connectivity index (χ4n) is 2.79. The number of benzene rings is 1. The third-order valence-electron chi connectivity index (χ3n) is 3.96. The highest BCUT2D eigenvalue weighted by atomic mass is 79.9. The Bertz CT molecular complexity index is 923. The summed E-state index contributed by atoms with van der Waals surface area (Å²) in [5, 5.41) is 1.80. The second-order valence-corrected chi connectivity index (χ2v) is 7.35. The van der Waals surface area contributed by atoms with Gasteiger partial charge in [0.15, 0.2) is 0 Å². The zero-order valence-electron chi connectivity index (χ0n) is 13.9. The molecule has 0 radical (unpaired) electrons. The van der Waals surface area contributed by atoms with Crippen molar-refractivity contribution >= 4 is 33.3 Å². The van der Waals surface area contributed by atoms with E-state index in [0.29, 0.717) is 24.5 Å². The molecule has 0 spiro atoms. The molecule has 3 rings (SSSR count). The zero-order chi connectivity index (χ0) is 17.4. The summed E-state index contributed by atoms with van der Waals surface area (Å²) in [6.45, 7) is 4.61. The predicted octanol–water partition coefficient (Wildman–Crippen LogP) is 1.45. The summed E-state index contributed by atoms with van der Waals surface area (Å²) in [5.74, 6) is 1.58. The largest absolute Gasteiger partial charge is 0.332 e. The van der Waals surface area contributed by atoms with Crippen LogP contribution in [0.3, 0.4) is 0 Å². The number of nitrogens with zero attached hydrogens (tertiary/aromatic N) is 3. The van der Waals surface area contributed by atoms with Crippen molar-refractivity contribution in [2.24, 2.45) is 18.0 Å². The van der Waals surface area contributed by atoms with E-state index >= 15 is 0 Å². The van der Waals surface area contributed by atoms with Crippen LogP contribution in [0.1, 0.15) is 19.4 Å². The van der Waals surface area contributed by atoms with Crippen molar-refractivity contribution in [2.45, 2.75) is 26.8 Å². The Balaban J connectivity index is 2.01. The number of rotatable bonds is 4. The molecule has 24 heavy (non-hydrogen) atoms. The number of aliphatic imine (C=N–C) groups is 1. The van der Waals surface area contributed by atoms with Gasteiger partial charge in [-0.1, -0.05) is 41.9 Å². The molecule has 0 amide bonds. The van der Waals surface area contributed by atoms with Crippen LogP contribution in [0.5, 0.6) is 0 Å². The van der Waals surface area contributed by atoms with Gasteiger partial charge in [-0.2, -0.15) is 4.99 Å². The average Bonchev–Trinajstić information content (AvgIpc) is 2.95. The Labute approximate surface area is 148 Å². The van der Waals surface area contributed by atoms with Gasteiger partial charge >= 0.3 is 11.2 Å². The first kappa shape index (κ1) is 16.9. The maximum absolute atomic E-state index is 12.4. The highest BCUT2D eigenvalue weighted by Gasteiger charge is 2.29. The first-order chi connectivity index (χ1) is 11.4. The molecule has 0 saturated carbocycles. The number of amidine groups is 1. The van der Waals surface area contributed by atoms with E-state index < -0.39 is 0 Å². The van der Waals surface area contributed by atoms with Crippen molar-refractivity contribution in [3.63, 3.8) is 0 Å². The van der Waals surface area contributed by atoms with Crippen LogP contribution in [0.2, 0.25) is 0 Å². The first-order valence-corrected chi connectivity index (χ1v) is 8.66. The number of nitrogens with two attached hydrogens (primary N) is 1. The van der Waals surface area contributed by atoms with Gasteiger partial charge < -0.3 is 0 Å². The van der Waals surface area contributed by atoms with E-state index in [0.717, 1.165) is 20.4 Å². The maximum atomic E-state index is 12.4. The fourth-order valence-corrected chi connectivity index (χ4v) is 3.06. The van der Waals surface area contributed by atoms with E-state index in [-0.39, 0.29) is 17.2 Å². The van der Waals surface area contributed by atoms with Crippen LogP contribution in [0.4, 0.5) is 11.5 Å². The number of aromatic nitrogens is 2. The van der Waals surface area contributed by atoms with E-state index in [4.69, 9.17) is 0 Å². The molecule has 7 heteroatoms. The van der Waals surface area contributed by atoms with Crippen LogP contribution in [-0.4, -0.2) is 15.0 Å². The SMILES string of the molecule is CC(C)Cn1c2c(c(=O)n(C)c1=O)[NH2+]C(Cc1ccc(Br)cc1)=N2. The molecule has 0 aliphatic carbocycles. The van der Waals surface area contributed by atoms with Gasteiger partial charge in [-0.3, -0.25) is 19.2 Å². The molecule has 1 aliphatic heterocycles. The van der Waals surface area contributed by atoms with Gasteiger partial charge in [0.1, 0.15) is 0 Å². The van der Waals surface area contributed by atoms with Gasteiger partial charge in [-0.25, -0.2) is 4.79 Å². The zero-order valence-corrected chi connectivity index (χ0v) is 15.5. The summed E-state index contributed by atoms with van der Waals surface area (Å²) >= 11 is 3.42. The normalized spacial score (nSPS) is 13.3. The molecule has 2 heterocycles. The molecule has 2 aromatic rings. The molecule has 0 atom stereocenters. The third-order valence-corrected chi connectivity index (χ3v) is 4.48. The molecule has 6 nitrogen and oxygen atoms in total. The van der Waals surface area contributed by atoms with Crippen molar-refractivity contribution in [3.05, 3.63) is 55.1 Å². The molecule has 126 valence electrons. The van der Waals surface area contributed by atoms with Crippen molar-refractivity contribution in [2.75, 3.05) is 0 Å². The highest BCUT2D eigenvalue weighted by Crippen LogP contribution is 2.21. The van der Waals surface area contributed by atoms with E-state index in [1.165, 1.54) is 7.05 Å². The van der Waals surface area contributed by atoms with E-state index in [1.54, 1.807) is 9.88 Å². The molecule has 0 bridgehead atoms. The number of fused-ring (bicyclic) bond motifs is 1. The number of quaternary nitrogens is 1. The van der Waals surface area contributed by atoms with Crippen LogP contribution in [0.25, 0.3) is 0 Å². The molecule has 1 aromatic heterocycles. The minimum atomic E-state index is -0.311. The van der Waals surface area contributed by atoms with Gasteiger partial charge in [-0.05, 0) is 23.6 Å². The molecular weight excluding hydrogens is 372 g/mol. The summed E-state index contributed by atoms with van der Waals surface area (Å²) in [7, 11) is 1.52. The highest BCUT2D eigenvalue weighted by molar-refractivity contribution is 9.10. The minimum absolute atomic E-state index is 0.287. The van der Waals surface area contributed by atoms with Crippen LogP contribution in [0.15, 0.2) is 43.3 Å². The van der Waals surface area contributed by atoms with Crippen molar-refractivity contribution in [1.29, 1.82) is 0 Å². The number of hydrogen-bond acceptors (Lipinski definition) is 3. The topological polar surface area (TPSA) is 73.0 Å². The number of hydrogen-bond donors (Lipinski definition) is 1. The lowest BCUT2D eigenvalue weighted by Crippen LogP contribution is -2.83. The van der Waals surface area contributed by atoms with Crippen molar-refractivity contribution in [3.8, 4) is 0 Å². The smallest absolute Gasteiger partial charge is 0.272 e. The van der Waals surface area contributed by atoms with Crippen LogP contribution >= 0.6 is 15.9 Å². The number of halogens is 1. The quantitative estimate of drug-likeness (QED) is 0.856. The van der Waals surface area contributed by atoms with E-state index in [9.17, 15) is 9.59 Å². The summed E-state index contributed by atoms with van der Waals surface area (Å²) < 4.78 is 3.79. The van der Waals surface area contributed by atoms with Gasteiger partial charge in [0.25, 0.3) is 0 Å². The predicted molar refractivity (Wildman–Crippen MR) is 97.3 cm³/mol. The standard InChI is InChI=1S/C17H19BrN4O2/c1-10(2)9-22-15-14(16(23)21(3)17(22)24)19-13(20-15)8-11-4-6-12(18)7-5-11/h4-7,10H,8-9H2,1-3H3,(H,19,20)/p+1. The van der Waals surface area contributed by atoms with Gasteiger partial charge in [-0.15, -0.1) is 0 Å². The Morgan fingerprint density at radius 1 is 1.21 bits per heavy atom. The summed E-state index contributed by atoms with van der Waals surface area (Å²) in [4.78, 5) is 29.4. The Morgan fingerprint density at radius 2 is 1.88 bits per heavy atom. The first-order valence-electron chi connectivity index (χ1n) is 7.87. The summed E-state index contributed by atoms with van der Waals surface area (Å²) in [6, 6.07) is 7.99. The molecule has 0 unspecified atom stereocenters. The Hall–Kier alpha value is -1.99. The van der Waals surface area contributed by atoms with Gasteiger partial charge in [0.05, 0.1) is 6.42 Å². The van der Waals surface area contributed by atoms with Gasteiger partial charge in [0, 0.05) is 18.1 Å². The van der Waals surface area contributed by atoms with Crippen LogP contribution in [-0.2, 0) is 20.0 Å². The molecule has 2 N–H and O–H groups in total. The summed E-state index contributed by atoms with van der Waals surface area (Å²) in [6.07, 6.45) is 0.626. The lowest BCUT2D eigenvalue weighted by Gasteiger charge is -2.11. The molecular formula is C17H20BrN4O2+. The van der Waals surface area contributed by atoms with Gasteiger partial charge in [0.2, 0.25) is 17.3 Å². The average molecular weight is 392 g/mol. The van der Waals surface area contributed by atoms with Crippen molar-refractivity contribution in [1.82, 2.24) is 9.13 Å². The van der Waals surface area contributed by atoms with E-state index in [1.807, 2.05) is 38.1 Å². The molecule has 0 fully saturated rings. The Kier molecular flexibility index (Phi) is 4.56. The third kappa shape index (κ3) is 3.14. The minimum Gasteiger partial charge on any atom is -0.272 e. The van der Waals surface area contributed by atoms with Crippen LogP contribution < -0.4 is 16.6 Å². The monoisotopic (exact) mass is 391 g/mol. The molecule has 0 saturated heterocycles. The summed E-state index contributed by atoms with van der Waals surface area (Å²) in [5.41, 5.74) is 1.01. The van der Waals surface area contributed by atoms with E-state index in [2.05, 4.69) is 20.9 Å². The lowest BCUT2D eigenvalue weighted by molar-refractivity contribution is -0.442. The molecule has 1 aromatic carbocycles. The molecule has 1 aliphatic rings. The second kappa shape index (κ2) is 6.49. The fraction of sp³-hybridized carbons (Fsp3) is 0.353. The Morgan fingerprint density at radius 3 is 2.50 bits per heavy atom. The maximum Gasteiger partial charge on any atom is 0.332 e. The second-order valence-electron chi connectivity index (χ2n) is 6.44. The van der Waals surface area contributed by atoms with Crippen molar-refractivity contribution < 1.29 is 5.32 Å².